The van der Waals surface area contributed by atoms with E-state index in [1.807, 2.05) is 36.1 Å². The fraction of sp³-hybridized carbons (Fsp3) is 0.409. The number of methoxy groups -OCH3 is 2. The summed E-state index contributed by atoms with van der Waals surface area (Å²) in [6.45, 7) is 6.30. The van der Waals surface area contributed by atoms with Gasteiger partial charge < -0.3 is 14.4 Å². The summed E-state index contributed by atoms with van der Waals surface area (Å²) in [4.78, 5) is 18.3. The van der Waals surface area contributed by atoms with Gasteiger partial charge in [-0.25, -0.2) is 0 Å². The van der Waals surface area contributed by atoms with Crippen LogP contribution in [0, 0.1) is 0 Å². The number of carbonyl (C=O) groups is 1. The molecule has 6 heteroatoms. The Hall–Kier alpha value is -2.18. The van der Waals surface area contributed by atoms with Gasteiger partial charge in [0.05, 0.1) is 19.5 Å². The third kappa shape index (κ3) is 5.20. The highest BCUT2D eigenvalue weighted by Gasteiger charge is 2.25. The lowest BCUT2D eigenvalue weighted by molar-refractivity contribution is -0.132. The van der Waals surface area contributed by atoms with Gasteiger partial charge in [0.25, 0.3) is 0 Å². The van der Waals surface area contributed by atoms with Crippen LogP contribution in [0.5, 0.6) is 11.5 Å². The molecule has 0 bridgehead atoms. The van der Waals surface area contributed by atoms with Gasteiger partial charge in [-0.2, -0.15) is 0 Å². The lowest BCUT2D eigenvalue weighted by Gasteiger charge is -2.36. The van der Waals surface area contributed by atoms with Crippen molar-refractivity contribution in [2.45, 2.75) is 23.6 Å². The monoisotopic (exact) mass is 400 g/mol. The predicted octanol–water partition coefficient (Wildman–Crippen LogP) is 3.53. The predicted molar refractivity (Wildman–Crippen MR) is 113 cm³/mol. The van der Waals surface area contributed by atoms with E-state index >= 15 is 0 Å². The Kier molecular flexibility index (Phi) is 7.23. The Morgan fingerprint density at radius 3 is 2.32 bits per heavy atom. The second-order valence-electron chi connectivity index (χ2n) is 6.86. The van der Waals surface area contributed by atoms with Crippen LogP contribution in [-0.2, 0) is 11.3 Å². The molecule has 1 saturated heterocycles. The van der Waals surface area contributed by atoms with Crippen LogP contribution in [0.4, 0.5) is 0 Å². The number of ether oxygens (including phenoxy) is 2. The van der Waals surface area contributed by atoms with Gasteiger partial charge in [-0.15, -0.1) is 11.8 Å². The molecule has 2 aromatic rings. The number of benzene rings is 2. The SMILES string of the molecule is COc1ccc(S[C@@H](C)C(=O)N2CCN(Cc3ccccc3)CC2)cc1OC. The fourth-order valence-corrected chi connectivity index (χ4v) is 4.35. The van der Waals surface area contributed by atoms with Crippen LogP contribution in [0.15, 0.2) is 53.4 Å². The molecule has 0 spiro atoms. The molecule has 0 saturated carbocycles. The molecule has 1 fully saturated rings. The van der Waals surface area contributed by atoms with Crippen molar-refractivity contribution in [1.29, 1.82) is 0 Å². The molecule has 0 radical (unpaired) electrons. The van der Waals surface area contributed by atoms with Crippen molar-refractivity contribution in [1.82, 2.24) is 9.80 Å². The average molecular weight is 401 g/mol. The van der Waals surface area contributed by atoms with E-state index in [0.717, 1.165) is 37.6 Å². The van der Waals surface area contributed by atoms with E-state index in [1.54, 1.807) is 26.0 Å². The van der Waals surface area contributed by atoms with Gasteiger partial charge in [0.2, 0.25) is 5.91 Å². The maximum atomic E-state index is 12.9. The summed E-state index contributed by atoms with van der Waals surface area (Å²) in [7, 11) is 3.24. The zero-order valence-corrected chi connectivity index (χ0v) is 17.6. The van der Waals surface area contributed by atoms with Gasteiger partial charge in [-0.1, -0.05) is 30.3 Å². The summed E-state index contributed by atoms with van der Waals surface area (Å²) in [5.41, 5.74) is 1.32. The summed E-state index contributed by atoms with van der Waals surface area (Å²) in [6, 6.07) is 16.3. The van der Waals surface area contributed by atoms with Gasteiger partial charge in [-0.3, -0.25) is 9.69 Å². The van der Waals surface area contributed by atoms with E-state index in [1.165, 1.54) is 5.56 Å². The average Bonchev–Trinajstić information content (AvgIpc) is 2.74. The molecule has 2 aromatic carbocycles. The number of rotatable bonds is 7. The Morgan fingerprint density at radius 1 is 1.00 bits per heavy atom. The highest BCUT2D eigenvalue weighted by atomic mass is 32.2. The van der Waals surface area contributed by atoms with Crippen molar-refractivity contribution in [2.75, 3.05) is 40.4 Å². The zero-order valence-electron chi connectivity index (χ0n) is 16.8. The maximum absolute atomic E-state index is 12.9. The summed E-state index contributed by atoms with van der Waals surface area (Å²) >= 11 is 1.56. The second-order valence-corrected chi connectivity index (χ2v) is 8.28. The molecule has 28 heavy (non-hydrogen) atoms. The van der Waals surface area contributed by atoms with E-state index in [9.17, 15) is 4.79 Å². The minimum atomic E-state index is -0.140. The fourth-order valence-electron chi connectivity index (χ4n) is 3.37. The first-order valence-corrected chi connectivity index (χ1v) is 10.4. The quantitative estimate of drug-likeness (QED) is 0.665. The van der Waals surface area contributed by atoms with Crippen molar-refractivity contribution in [3.8, 4) is 11.5 Å². The smallest absolute Gasteiger partial charge is 0.235 e. The highest BCUT2D eigenvalue weighted by Crippen LogP contribution is 2.34. The van der Waals surface area contributed by atoms with Crippen LogP contribution in [0.3, 0.4) is 0 Å². The zero-order chi connectivity index (χ0) is 19.9. The van der Waals surface area contributed by atoms with Crippen LogP contribution in [0.1, 0.15) is 12.5 Å². The summed E-state index contributed by atoms with van der Waals surface area (Å²) in [6.07, 6.45) is 0. The number of carbonyl (C=O) groups excluding carboxylic acids is 1. The summed E-state index contributed by atoms with van der Waals surface area (Å²) in [5.74, 6) is 1.57. The summed E-state index contributed by atoms with van der Waals surface area (Å²) < 4.78 is 10.6. The van der Waals surface area contributed by atoms with Crippen molar-refractivity contribution in [3.63, 3.8) is 0 Å². The number of amides is 1. The number of nitrogens with zero attached hydrogens (tertiary/aromatic N) is 2. The molecular weight excluding hydrogens is 372 g/mol. The molecule has 0 unspecified atom stereocenters. The van der Waals surface area contributed by atoms with Crippen molar-refractivity contribution in [2.24, 2.45) is 0 Å². The van der Waals surface area contributed by atoms with Crippen LogP contribution < -0.4 is 9.47 Å². The van der Waals surface area contributed by atoms with Crippen LogP contribution in [0.2, 0.25) is 0 Å². The number of hydrogen-bond acceptors (Lipinski definition) is 5. The number of piperazine rings is 1. The molecule has 150 valence electrons. The van der Waals surface area contributed by atoms with Crippen molar-refractivity contribution < 1.29 is 14.3 Å². The van der Waals surface area contributed by atoms with E-state index < -0.39 is 0 Å². The Bertz CT molecular complexity index is 777. The van der Waals surface area contributed by atoms with Crippen molar-refractivity contribution >= 4 is 17.7 Å². The molecule has 1 atom stereocenters. The van der Waals surface area contributed by atoms with Gasteiger partial charge in [0, 0.05) is 37.6 Å². The molecule has 1 aliphatic rings. The first-order chi connectivity index (χ1) is 13.6. The van der Waals surface area contributed by atoms with Gasteiger partial charge in [-0.05, 0) is 30.7 Å². The van der Waals surface area contributed by atoms with Gasteiger partial charge >= 0.3 is 0 Å². The van der Waals surface area contributed by atoms with Crippen LogP contribution in [0.25, 0.3) is 0 Å². The Labute approximate surface area is 171 Å². The maximum Gasteiger partial charge on any atom is 0.235 e. The summed E-state index contributed by atoms with van der Waals surface area (Å²) in [5, 5.41) is -0.140. The third-order valence-corrected chi connectivity index (χ3v) is 6.03. The molecule has 0 aliphatic carbocycles. The lowest BCUT2D eigenvalue weighted by Crippen LogP contribution is -2.50. The van der Waals surface area contributed by atoms with E-state index in [2.05, 4.69) is 29.2 Å². The largest absolute Gasteiger partial charge is 0.493 e. The first-order valence-electron chi connectivity index (χ1n) is 9.54. The minimum Gasteiger partial charge on any atom is -0.493 e. The van der Waals surface area contributed by atoms with E-state index in [0.29, 0.717) is 11.5 Å². The molecule has 0 aromatic heterocycles. The molecule has 1 heterocycles. The van der Waals surface area contributed by atoms with Crippen molar-refractivity contribution in [3.05, 3.63) is 54.1 Å². The Morgan fingerprint density at radius 2 is 1.68 bits per heavy atom. The molecule has 5 nitrogen and oxygen atoms in total. The third-order valence-electron chi connectivity index (χ3n) is 4.95. The first kappa shape index (κ1) is 20.6. The topological polar surface area (TPSA) is 42.0 Å². The van der Waals surface area contributed by atoms with Crippen LogP contribution >= 0.6 is 11.8 Å². The Balaban J connectivity index is 1.52. The molecule has 1 aliphatic heterocycles. The number of thioether (sulfide) groups is 1. The van der Waals surface area contributed by atoms with E-state index in [-0.39, 0.29) is 11.2 Å². The molecular formula is C22H28N2O3S. The second kappa shape index (κ2) is 9.85. The van der Waals surface area contributed by atoms with Gasteiger partial charge in [0.1, 0.15) is 0 Å². The molecule has 1 amide bonds. The molecule has 0 N–H and O–H groups in total. The van der Waals surface area contributed by atoms with Gasteiger partial charge in [0.15, 0.2) is 11.5 Å². The van der Waals surface area contributed by atoms with Crippen LogP contribution in [-0.4, -0.2) is 61.4 Å². The normalized spacial score (nSPS) is 15.9. The minimum absolute atomic E-state index is 0.140. The highest BCUT2D eigenvalue weighted by molar-refractivity contribution is 8.00. The van der Waals surface area contributed by atoms with E-state index in [4.69, 9.17) is 9.47 Å². The molecule has 3 rings (SSSR count). The standard InChI is InChI=1S/C22H28N2O3S/c1-17(28-19-9-10-20(26-2)21(15-19)27-3)22(25)24-13-11-23(12-14-24)16-18-7-5-4-6-8-18/h4-10,15,17H,11-14,16H2,1-3H3/t17-/m0/s1. The lowest BCUT2D eigenvalue weighted by atomic mass is 10.2. The number of hydrogen-bond donors (Lipinski definition) is 0.